The molecule has 0 saturated heterocycles. The lowest BCUT2D eigenvalue weighted by Crippen LogP contribution is -2.11. The minimum absolute atomic E-state index is 0.0846. The Kier molecular flexibility index (Phi) is 3.77. The first-order valence-electron chi connectivity index (χ1n) is 4.08. The maximum absolute atomic E-state index is 10.2. The highest BCUT2D eigenvalue weighted by Gasteiger charge is 2.01. The molecule has 0 spiro atoms. The molecule has 0 aliphatic carbocycles. The summed E-state index contributed by atoms with van der Waals surface area (Å²) in [6.07, 6.45) is 1.17. The van der Waals surface area contributed by atoms with Gasteiger partial charge in [0, 0.05) is 11.4 Å². The highest BCUT2D eigenvalue weighted by atomic mass is 35.5. The highest BCUT2D eigenvalue weighted by molar-refractivity contribution is 6.30. The van der Waals surface area contributed by atoms with Crippen molar-refractivity contribution in [2.75, 3.05) is 0 Å². The molecule has 13 heavy (non-hydrogen) atoms. The van der Waals surface area contributed by atoms with Crippen LogP contribution in [-0.4, -0.2) is 12.4 Å². The standard InChI is InChI=1S/C10H11ClO2/c1-8(6-7-12)13-10-4-2-9(11)3-5-10/h2-5,7-8H,6H2,1H3. The molecule has 0 fully saturated rings. The van der Waals surface area contributed by atoms with Crippen molar-refractivity contribution in [3.63, 3.8) is 0 Å². The van der Waals surface area contributed by atoms with Crippen molar-refractivity contribution in [3.8, 4) is 5.75 Å². The van der Waals surface area contributed by atoms with Crippen molar-refractivity contribution in [1.82, 2.24) is 0 Å². The molecule has 0 aromatic heterocycles. The summed E-state index contributed by atoms with van der Waals surface area (Å²) >= 11 is 5.70. The average Bonchev–Trinajstić information content (AvgIpc) is 2.09. The minimum Gasteiger partial charge on any atom is -0.490 e. The van der Waals surface area contributed by atoms with Crippen LogP contribution in [0.3, 0.4) is 0 Å². The first-order valence-corrected chi connectivity index (χ1v) is 4.46. The van der Waals surface area contributed by atoms with E-state index in [1.807, 2.05) is 6.92 Å². The highest BCUT2D eigenvalue weighted by Crippen LogP contribution is 2.17. The van der Waals surface area contributed by atoms with Gasteiger partial charge in [-0.15, -0.1) is 0 Å². The van der Waals surface area contributed by atoms with Crippen molar-refractivity contribution < 1.29 is 9.53 Å². The van der Waals surface area contributed by atoms with E-state index >= 15 is 0 Å². The van der Waals surface area contributed by atoms with Crippen molar-refractivity contribution in [2.45, 2.75) is 19.4 Å². The van der Waals surface area contributed by atoms with Crippen LogP contribution in [0.1, 0.15) is 13.3 Å². The Morgan fingerprint density at radius 2 is 2.08 bits per heavy atom. The molecule has 0 saturated carbocycles. The normalized spacial score (nSPS) is 12.2. The molecule has 1 atom stereocenters. The fourth-order valence-electron chi connectivity index (χ4n) is 0.929. The molecule has 0 radical (unpaired) electrons. The van der Waals surface area contributed by atoms with Gasteiger partial charge in [0.2, 0.25) is 0 Å². The Hall–Kier alpha value is -1.02. The van der Waals surface area contributed by atoms with Gasteiger partial charge >= 0.3 is 0 Å². The number of carbonyl (C=O) groups is 1. The summed E-state index contributed by atoms with van der Waals surface area (Å²) in [5, 5.41) is 0.676. The predicted octanol–water partition coefficient (Wildman–Crippen LogP) is 2.70. The van der Waals surface area contributed by atoms with Crippen molar-refractivity contribution in [1.29, 1.82) is 0 Å². The fraction of sp³-hybridized carbons (Fsp3) is 0.300. The van der Waals surface area contributed by atoms with Crippen LogP contribution in [0.25, 0.3) is 0 Å². The maximum atomic E-state index is 10.2. The zero-order valence-corrected chi connectivity index (χ0v) is 8.12. The van der Waals surface area contributed by atoms with Crippen LogP contribution < -0.4 is 4.74 Å². The quantitative estimate of drug-likeness (QED) is 0.696. The SMILES string of the molecule is CC(CC=O)Oc1ccc(Cl)cc1. The molecule has 0 N–H and O–H groups in total. The maximum Gasteiger partial charge on any atom is 0.123 e. The summed E-state index contributed by atoms with van der Waals surface area (Å²) < 4.78 is 5.42. The number of halogens is 1. The van der Waals surface area contributed by atoms with Gasteiger partial charge in [0.15, 0.2) is 0 Å². The molecule has 0 aliphatic heterocycles. The van der Waals surface area contributed by atoms with E-state index in [1.165, 1.54) is 0 Å². The summed E-state index contributed by atoms with van der Waals surface area (Å²) in [4.78, 5) is 10.2. The molecule has 70 valence electrons. The Morgan fingerprint density at radius 3 is 2.62 bits per heavy atom. The molecular weight excluding hydrogens is 188 g/mol. The molecule has 0 heterocycles. The Balaban J connectivity index is 2.53. The topological polar surface area (TPSA) is 26.3 Å². The number of hydrogen-bond donors (Lipinski definition) is 0. The number of rotatable bonds is 4. The predicted molar refractivity (Wildman–Crippen MR) is 52.2 cm³/mol. The molecule has 1 aromatic rings. The van der Waals surface area contributed by atoms with E-state index in [2.05, 4.69) is 0 Å². The zero-order chi connectivity index (χ0) is 9.68. The number of benzene rings is 1. The van der Waals surface area contributed by atoms with Gasteiger partial charge in [-0.3, -0.25) is 0 Å². The number of aldehydes is 1. The van der Waals surface area contributed by atoms with Crippen LogP contribution in [0.2, 0.25) is 5.02 Å². The first kappa shape index (κ1) is 10.1. The van der Waals surface area contributed by atoms with Crippen LogP contribution in [0.4, 0.5) is 0 Å². The summed E-state index contributed by atoms with van der Waals surface area (Å²) in [6.45, 7) is 1.85. The van der Waals surface area contributed by atoms with Crippen LogP contribution >= 0.6 is 11.6 Å². The number of carbonyl (C=O) groups excluding carboxylic acids is 1. The van der Waals surface area contributed by atoms with Gasteiger partial charge in [0.25, 0.3) is 0 Å². The van der Waals surface area contributed by atoms with Crippen molar-refractivity contribution in [2.24, 2.45) is 0 Å². The molecule has 0 aliphatic rings. The molecular formula is C10H11ClO2. The van der Waals surface area contributed by atoms with E-state index in [-0.39, 0.29) is 6.10 Å². The van der Waals surface area contributed by atoms with Gasteiger partial charge in [-0.1, -0.05) is 11.6 Å². The second-order valence-corrected chi connectivity index (χ2v) is 3.22. The van der Waals surface area contributed by atoms with Gasteiger partial charge in [-0.25, -0.2) is 0 Å². The summed E-state index contributed by atoms with van der Waals surface area (Å²) in [5.41, 5.74) is 0. The molecule has 0 bridgehead atoms. The van der Waals surface area contributed by atoms with E-state index < -0.39 is 0 Å². The fourth-order valence-corrected chi connectivity index (χ4v) is 1.06. The molecule has 2 nitrogen and oxygen atoms in total. The lowest BCUT2D eigenvalue weighted by molar-refractivity contribution is -0.109. The number of ether oxygens (including phenoxy) is 1. The summed E-state index contributed by atoms with van der Waals surface area (Å²) in [7, 11) is 0. The molecule has 1 unspecified atom stereocenters. The average molecular weight is 199 g/mol. The van der Waals surface area contributed by atoms with Crippen LogP contribution in [0.5, 0.6) is 5.75 Å². The van der Waals surface area contributed by atoms with Crippen LogP contribution in [0.15, 0.2) is 24.3 Å². The van der Waals surface area contributed by atoms with Gasteiger partial charge in [0.1, 0.15) is 18.1 Å². The first-order chi connectivity index (χ1) is 6.22. The number of hydrogen-bond acceptors (Lipinski definition) is 2. The van der Waals surface area contributed by atoms with E-state index in [1.54, 1.807) is 24.3 Å². The molecule has 3 heteroatoms. The second kappa shape index (κ2) is 4.87. The van der Waals surface area contributed by atoms with E-state index in [4.69, 9.17) is 16.3 Å². The Bertz CT molecular complexity index is 269. The Labute approximate surface area is 82.5 Å². The third-order valence-corrected chi connectivity index (χ3v) is 1.83. The minimum atomic E-state index is -0.0846. The van der Waals surface area contributed by atoms with Crippen molar-refractivity contribution in [3.05, 3.63) is 29.3 Å². The molecule has 1 rings (SSSR count). The van der Waals surface area contributed by atoms with Crippen LogP contribution in [0, 0.1) is 0 Å². The van der Waals surface area contributed by atoms with E-state index in [0.717, 1.165) is 12.0 Å². The monoisotopic (exact) mass is 198 g/mol. The van der Waals surface area contributed by atoms with E-state index in [0.29, 0.717) is 11.4 Å². The zero-order valence-electron chi connectivity index (χ0n) is 7.37. The second-order valence-electron chi connectivity index (χ2n) is 2.78. The van der Waals surface area contributed by atoms with E-state index in [9.17, 15) is 4.79 Å². The van der Waals surface area contributed by atoms with Gasteiger partial charge in [-0.2, -0.15) is 0 Å². The van der Waals surface area contributed by atoms with Crippen LogP contribution in [-0.2, 0) is 4.79 Å². The third-order valence-electron chi connectivity index (χ3n) is 1.58. The Morgan fingerprint density at radius 1 is 1.46 bits per heavy atom. The van der Waals surface area contributed by atoms with Crippen molar-refractivity contribution >= 4 is 17.9 Å². The van der Waals surface area contributed by atoms with Gasteiger partial charge in [-0.05, 0) is 31.2 Å². The van der Waals surface area contributed by atoms with Gasteiger partial charge in [0.05, 0.1) is 0 Å². The molecule has 1 aromatic carbocycles. The van der Waals surface area contributed by atoms with Gasteiger partial charge < -0.3 is 9.53 Å². The third kappa shape index (κ3) is 3.47. The smallest absolute Gasteiger partial charge is 0.123 e. The summed E-state index contributed by atoms with van der Waals surface area (Å²) in [6, 6.07) is 7.07. The summed E-state index contributed by atoms with van der Waals surface area (Å²) in [5.74, 6) is 0.735. The lowest BCUT2D eigenvalue weighted by Gasteiger charge is -2.11. The largest absolute Gasteiger partial charge is 0.490 e. The molecule has 0 amide bonds. The lowest BCUT2D eigenvalue weighted by atomic mass is 10.3.